The Morgan fingerprint density at radius 2 is 2.28 bits per heavy atom. The van der Waals surface area contributed by atoms with Gasteiger partial charge in [0.25, 0.3) is 11.5 Å². The van der Waals surface area contributed by atoms with Gasteiger partial charge < -0.3 is 15.2 Å². The van der Waals surface area contributed by atoms with Gasteiger partial charge in [-0.05, 0) is 28.9 Å². The van der Waals surface area contributed by atoms with E-state index in [0.29, 0.717) is 16.6 Å². The maximum atomic E-state index is 12.2. The molecule has 0 aromatic carbocycles. The second-order valence-electron chi connectivity index (χ2n) is 4.12. The fraction of sp³-hybridized carbons (Fsp3) is 0.455. The molecule has 1 saturated heterocycles. The zero-order valence-electron chi connectivity index (χ0n) is 9.90. The highest BCUT2D eigenvalue weighted by molar-refractivity contribution is 9.10. The average molecular weight is 337 g/mol. The van der Waals surface area contributed by atoms with E-state index in [1.165, 1.54) is 6.20 Å². The van der Waals surface area contributed by atoms with Crippen LogP contribution < -0.4 is 10.9 Å². The molecule has 2 N–H and O–H groups in total. The fourth-order valence-corrected chi connectivity index (χ4v) is 2.25. The summed E-state index contributed by atoms with van der Waals surface area (Å²) in [5.41, 5.74) is 0.278. The first kappa shape index (κ1) is 15.2. The molecule has 0 bridgehead atoms. The number of nitrogens with zero attached hydrogens (tertiary/aromatic N) is 1. The summed E-state index contributed by atoms with van der Waals surface area (Å²) in [5, 5.41) is 3.23. The lowest BCUT2D eigenvalue weighted by molar-refractivity contribution is 0.0655. The first-order valence-corrected chi connectivity index (χ1v) is 6.29. The quantitative estimate of drug-likeness (QED) is 0.804. The van der Waals surface area contributed by atoms with Crippen molar-refractivity contribution >= 4 is 34.2 Å². The summed E-state index contributed by atoms with van der Waals surface area (Å²) in [6, 6.07) is 1.73. The van der Waals surface area contributed by atoms with E-state index in [1.54, 1.807) is 6.07 Å². The molecule has 1 aliphatic heterocycles. The molecule has 1 aromatic rings. The molecule has 1 amide bonds. The standard InChI is InChI=1S/C11H14BrN3O2.ClH/c1-7-5-13-2-3-15(7)11(17)8-4-9(12)10(16)14-6-8;/h4,6-7,13H,2-3,5H2,1H3,(H,14,16);1H/t7-;/m0./s1. The molecule has 0 unspecified atom stereocenters. The Hall–Kier alpha value is -0.850. The number of aromatic amines is 1. The Morgan fingerprint density at radius 1 is 1.56 bits per heavy atom. The van der Waals surface area contributed by atoms with Crippen LogP contribution in [-0.2, 0) is 0 Å². The molecular formula is C11H15BrClN3O2. The normalized spacial score (nSPS) is 19.2. The summed E-state index contributed by atoms with van der Waals surface area (Å²) in [6.07, 6.45) is 1.46. The van der Waals surface area contributed by atoms with Crippen molar-refractivity contribution in [3.63, 3.8) is 0 Å². The van der Waals surface area contributed by atoms with Crippen molar-refractivity contribution in [3.8, 4) is 0 Å². The minimum atomic E-state index is -0.227. The highest BCUT2D eigenvalue weighted by Gasteiger charge is 2.24. The minimum absolute atomic E-state index is 0. The molecule has 2 heterocycles. The summed E-state index contributed by atoms with van der Waals surface area (Å²) in [6.45, 7) is 4.30. The molecule has 0 radical (unpaired) electrons. The number of halogens is 2. The number of aromatic nitrogens is 1. The molecule has 1 aromatic heterocycles. The van der Waals surface area contributed by atoms with Crippen molar-refractivity contribution in [2.45, 2.75) is 13.0 Å². The monoisotopic (exact) mass is 335 g/mol. The predicted octanol–water partition coefficient (Wildman–Crippen LogP) is 0.993. The third-order valence-corrected chi connectivity index (χ3v) is 3.46. The third-order valence-electron chi connectivity index (χ3n) is 2.87. The van der Waals surface area contributed by atoms with Gasteiger partial charge in [0.15, 0.2) is 0 Å². The number of carbonyl (C=O) groups excluding carboxylic acids is 1. The van der Waals surface area contributed by atoms with Gasteiger partial charge >= 0.3 is 0 Å². The Kier molecular flexibility index (Phi) is 5.37. The van der Waals surface area contributed by atoms with Crippen LogP contribution in [0.3, 0.4) is 0 Å². The zero-order chi connectivity index (χ0) is 12.4. The summed E-state index contributed by atoms with van der Waals surface area (Å²) in [5.74, 6) is -0.0454. The number of H-pyrrole nitrogens is 1. The van der Waals surface area contributed by atoms with E-state index in [0.717, 1.165) is 13.1 Å². The van der Waals surface area contributed by atoms with Crippen LogP contribution in [0.15, 0.2) is 21.5 Å². The van der Waals surface area contributed by atoms with Crippen LogP contribution in [0.1, 0.15) is 17.3 Å². The molecule has 1 fully saturated rings. The minimum Gasteiger partial charge on any atom is -0.333 e. The number of hydrogen-bond acceptors (Lipinski definition) is 3. The van der Waals surface area contributed by atoms with Crippen LogP contribution >= 0.6 is 28.3 Å². The SMILES string of the molecule is C[C@H]1CNCCN1C(=O)c1c[nH]c(=O)c(Br)c1.Cl. The summed E-state index contributed by atoms with van der Waals surface area (Å²) < 4.78 is 0.381. The van der Waals surface area contributed by atoms with E-state index in [9.17, 15) is 9.59 Å². The Bertz CT molecular complexity index is 491. The highest BCUT2D eigenvalue weighted by Crippen LogP contribution is 2.11. The number of pyridine rings is 1. The van der Waals surface area contributed by atoms with Crippen LogP contribution in [0.4, 0.5) is 0 Å². The average Bonchev–Trinajstić information content (AvgIpc) is 2.32. The van der Waals surface area contributed by atoms with E-state index in [2.05, 4.69) is 26.2 Å². The Morgan fingerprint density at radius 3 is 2.89 bits per heavy atom. The van der Waals surface area contributed by atoms with Gasteiger partial charge in [-0.3, -0.25) is 9.59 Å². The largest absolute Gasteiger partial charge is 0.333 e. The third kappa shape index (κ3) is 3.13. The van der Waals surface area contributed by atoms with E-state index in [1.807, 2.05) is 11.8 Å². The molecule has 100 valence electrons. The molecule has 7 heteroatoms. The molecular weight excluding hydrogens is 321 g/mol. The molecule has 0 saturated carbocycles. The number of carbonyl (C=O) groups is 1. The van der Waals surface area contributed by atoms with Crippen LogP contribution in [0.2, 0.25) is 0 Å². The van der Waals surface area contributed by atoms with Crippen LogP contribution in [0.5, 0.6) is 0 Å². The fourth-order valence-electron chi connectivity index (χ4n) is 1.89. The van der Waals surface area contributed by atoms with Gasteiger partial charge in [-0.15, -0.1) is 12.4 Å². The van der Waals surface area contributed by atoms with Crippen LogP contribution in [0.25, 0.3) is 0 Å². The van der Waals surface area contributed by atoms with Gasteiger partial charge in [0.1, 0.15) is 0 Å². The smallest absolute Gasteiger partial charge is 0.262 e. The van der Waals surface area contributed by atoms with Gasteiger partial charge in [-0.1, -0.05) is 0 Å². The molecule has 0 spiro atoms. The van der Waals surface area contributed by atoms with Gasteiger partial charge in [0.05, 0.1) is 10.0 Å². The predicted molar refractivity (Wildman–Crippen MR) is 75.4 cm³/mol. The summed E-state index contributed by atoms with van der Waals surface area (Å²) >= 11 is 3.13. The molecule has 1 aliphatic rings. The number of amides is 1. The van der Waals surface area contributed by atoms with E-state index >= 15 is 0 Å². The number of hydrogen-bond donors (Lipinski definition) is 2. The maximum Gasteiger partial charge on any atom is 0.262 e. The van der Waals surface area contributed by atoms with Crippen LogP contribution in [0, 0.1) is 0 Å². The molecule has 1 atom stereocenters. The number of piperazine rings is 1. The first-order chi connectivity index (χ1) is 8.09. The van der Waals surface area contributed by atoms with E-state index < -0.39 is 0 Å². The zero-order valence-corrected chi connectivity index (χ0v) is 12.3. The van der Waals surface area contributed by atoms with Gasteiger partial charge in [-0.25, -0.2) is 0 Å². The lowest BCUT2D eigenvalue weighted by atomic mass is 10.1. The second-order valence-corrected chi connectivity index (χ2v) is 4.97. The van der Waals surface area contributed by atoms with Crippen molar-refractivity contribution in [1.82, 2.24) is 15.2 Å². The lowest BCUT2D eigenvalue weighted by Gasteiger charge is -2.34. The van der Waals surface area contributed by atoms with Crippen molar-refractivity contribution in [3.05, 3.63) is 32.7 Å². The molecule has 5 nitrogen and oxygen atoms in total. The van der Waals surface area contributed by atoms with Crippen molar-refractivity contribution < 1.29 is 4.79 Å². The molecule has 2 rings (SSSR count). The van der Waals surface area contributed by atoms with Crippen molar-refractivity contribution in [2.24, 2.45) is 0 Å². The van der Waals surface area contributed by atoms with Gasteiger partial charge in [0, 0.05) is 31.9 Å². The number of nitrogens with one attached hydrogen (secondary N) is 2. The highest BCUT2D eigenvalue weighted by atomic mass is 79.9. The van der Waals surface area contributed by atoms with Crippen LogP contribution in [-0.4, -0.2) is 41.5 Å². The van der Waals surface area contributed by atoms with Gasteiger partial charge in [0.2, 0.25) is 0 Å². The first-order valence-electron chi connectivity index (χ1n) is 5.49. The molecule has 0 aliphatic carbocycles. The van der Waals surface area contributed by atoms with Gasteiger partial charge in [-0.2, -0.15) is 0 Å². The van der Waals surface area contributed by atoms with Crippen molar-refractivity contribution in [1.29, 1.82) is 0 Å². The second kappa shape index (κ2) is 6.36. The number of rotatable bonds is 1. The Labute approximate surface area is 119 Å². The van der Waals surface area contributed by atoms with E-state index in [4.69, 9.17) is 0 Å². The lowest BCUT2D eigenvalue weighted by Crippen LogP contribution is -2.52. The van der Waals surface area contributed by atoms with E-state index in [-0.39, 0.29) is 29.9 Å². The summed E-state index contributed by atoms with van der Waals surface area (Å²) in [4.78, 5) is 27.8. The molecule has 18 heavy (non-hydrogen) atoms. The Balaban J connectivity index is 0.00000162. The van der Waals surface area contributed by atoms with Crippen molar-refractivity contribution in [2.75, 3.05) is 19.6 Å². The summed E-state index contributed by atoms with van der Waals surface area (Å²) in [7, 11) is 0. The maximum absolute atomic E-state index is 12.2. The topological polar surface area (TPSA) is 65.2 Å².